The smallest absolute Gasteiger partial charge is 0.243 e. The molecule has 1 aliphatic carbocycles. The SMILES string of the molecule is Cc1cc(S(=O)(=O)N(CCO)C2CC2)cc(N)c1Cl. The second kappa shape index (κ2) is 5.28. The Bertz CT molecular complexity index is 562. The Hall–Kier alpha value is -0.820. The normalized spacial score (nSPS) is 16.0. The Labute approximate surface area is 118 Å². The highest BCUT2D eigenvalue weighted by atomic mass is 35.5. The number of aryl methyl sites for hydroxylation is 1. The molecule has 1 aliphatic rings. The van der Waals surface area contributed by atoms with E-state index in [0.717, 1.165) is 12.8 Å². The average molecular weight is 305 g/mol. The number of hydrogen-bond donors (Lipinski definition) is 2. The fourth-order valence-electron chi connectivity index (χ4n) is 2.01. The lowest BCUT2D eigenvalue weighted by Gasteiger charge is -2.21. The van der Waals surface area contributed by atoms with Crippen LogP contribution in [-0.4, -0.2) is 37.0 Å². The van der Waals surface area contributed by atoms with Crippen molar-refractivity contribution in [2.75, 3.05) is 18.9 Å². The molecular formula is C12H17ClN2O3S. The van der Waals surface area contributed by atoms with Crippen LogP contribution in [0.3, 0.4) is 0 Å². The molecule has 5 nitrogen and oxygen atoms in total. The fourth-order valence-corrected chi connectivity index (χ4v) is 3.91. The quantitative estimate of drug-likeness (QED) is 0.805. The van der Waals surface area contributed by atoms with Gasteiger partial charge in [-0.25, -0.2) is 8.42 Å². The van der Waals surface area contributed by atoms with Crippen LogP contribution >= 0.6 is 11.6 Å². The van der Waals surface area contributed by atoms with Crippen molar-refractivity contribution in [1.82, 2.24) is 4.31 Å². The number of sulfonamides is 1. The number of rotatable bonds is 5. The first kappa shape index (κ1) is 14.6. The van der Waals surface area contributed by atoms with E-state index in [1.807, 2.05) is 0 Å². The predicted octanol–water partition coefficient (Wildman–Crippen LogP) is 1.38. The van der Waals surface area contributed by atoms with Crippen molar-refractivity contribution in [3.63, 3.8) is 0 Å². The molecule has 0 amide bonds. The highest BCUT2D eigenvalue weighted by Crippen LogP contribution is 2.34. The van der Waals surface area contributed by atoms with Crippen LogP contribution < -0.4 is 5.73 Å². The van der Waals surface area contributed by atoms with E-state index < -0.39 is 10.0 Å². The van der Waals surface area contributed by atoms with Crippen molar-refractivity contribution < 1.29 is 13.5 Å². The third-order valence-electron chi connectivity index (χ3n) is 3.14. The number of nitrogen functional groups attached to an aromatic ring is 1. The molecule has 1 fully saturated rings. The monoisotopic (exact) mass is 304 g/mol. The number of halogens is 1. The van der Waals surface area contributed by atoms with Gasteiger partial charge < -0.3 is 10.8 Å². The molecule has 1 saturated carbocycles. The van der Waals surface area contributed by atoms with Crippen molar-refractivity contribution in [1.29, 1.82) is 0 Å². The summed E-state index contributed by atoms with van der Waals surface area (Å²) >= 11 is 5.94. The van der Waals surface area contributed by atoms with Crippen molar-refractivity contribution >= 4 is 27.3 Å². The topological polar surface area (TPSA) is 83.6 Å². The number of hydrogen-bond acceptors (Lipinski definition) is 4. The van der Waals surface area contributed by atoms with Gasteiger partial charge in [0.2, 0.25) is 10.0 Å². The summed E-state index contributed by atoms with van der Waals surface area (Å²) in [6.45, 7) is 1.62. The molecule has 0 unspecified atom stereocenters. The van der Waals surface area contributed by atoms with Gasteiger partial charge in [-0.1, -0.05) is 11.6 Å². The maximum atomic E-state index is 12.5. The molecule has 1 aromatic rings. The van der Waals surface area contributed by atoms with Gasteiger partial charge in [0.1, 0.15) is 0 Å². The molecule has 7 heteroatoms. The van der Waals surface area contributed by atoms with Gasteiger partial charge in [-0.3, -0.25) is 0 Å². The lowest BCUT2D eigenvalue weighted by molar-refractivity contribution is 0.250. The van der Waals surface area contributed by atoms with Gasteiger partial charge >= 0.3 is 0 Å². The Morgan fingerprint density at radius 1 is 1.47 bits per heavy atom. The number of anilines is 1. The van der Waals surface area contributed by atoms with Crippen LogP contribution in [0.2, 0.25) is 5.02 Å². The van der Waals surface area contributed by atoms with E-state index in [4.69, 9.17) is 22.4 Å². The van der Waals surface area contributed by atoms with Gasteiger partial charge in [0.15, 0.2) is 0 Å². The largest absolute Gasteiger partial charge is 0.397 e. The molecular weight excluding hydrogens is 288 g/mol. The minimum Gasteiger partial charge on any atom is -0.397 e. The Morgan fingerprint density at radius 2 is 2.11 bits per heavy atom. The predicted molar refractivity (Wildman–Crippen MR) is 74.6 cm³/mol. The molecule has 2 rings (SSSR count). The lowest BCUT2D eigenvalue weighted by Crippen LogP contribution is -2.35. The maximum absolute atomic E-state index is 12.5. The molecule has 106 valence electrons. The van der Waals surface area contributed by atoms with Gasteiger partial charge in [0, 0.05) is 12.6 Å². The molecule has 0 aromatic heterocycles. The van der Waals surface area contributed by atoms with Crippen molar-refractivity contribution in [3.8, 4) is 0 Å². The van der Waals surface area contributed by atoms with E-state index in [2.05, 4.69) is 0 Å². The molecule has 19 heavy (non-hydrogen) atoms. The van der Waals surface area contributed by atoms with E-state index in [-0.39, 0.29) is 29.8 Å². The second-order valence-electron chi connectivity index (χ2n) is 4.71. The van der Waals surface area contributed by atoms with E-state index in [1.54, 1.807) is 6.92 Å². The van der Waals surface area contributed by atoms with Crippen LogP contribution in [0.4, 0.5) is 5.69 Å². The molecule has 0 saturated heterocycles. The summed E-state index contributed by atoms with van der Waals surface area (Å²) in [6, 6.07) is 2.88. The third-order valence-corrected chi connectivity index (χ3v) is 5.58. The van der Waals surface area contributed by atoms with Crippen LogP contribution in [0, 0.1) is 6.92 Å². The maximum Gasteiger partial charge on any atom is 0.243 e. The van der Waals surface area contributed by atoms with Gasteiger partial charge in [-0.15, -0.1) is 0 Å². The van der Waals surface area contributed by atoms with E-state index in [0.29, 0.717) is 10.6 Å². The summed E-state index contributed by atoms with van der Waals surface area (Å²) in [5.41, 5.74) is 6.59. The van der Waals surface area contributed by atoms with Gasteiger partial charge in [0.25, 0.3) is 0 Å². The van der Waals surface area contributed by atoms with Gasteiger partial charge in [-0.2, -0.15) is 4.31 Å². The van der Waals surface area contributed by atoms with Crippen LogP contribution in [0.15, 0.2) is 17.0 Å². The number of nitrogens with zero attached hydrogens (tertiary/aromatic N) is 1. The zero-order valence-electron chi connectivity index (χ0n) is 10.6. The van der Waals surface area contributed by atoms with E-state index in [1.165, 1.54) is 16.4 Å². The van der Waals surface area contributed by atoms with Crippen molar-refractivity contribution in [3.05, 3.63) is 22.7 Å². The summed E-state index contributed by atoms with van der Waals surface area (Å²) in [5, 5.41) is 9.40. The first-order valence-electron chi connectivity index (χ1n) is 6.06. The van der Waals surface area contributed by atoms with Crippen LogP contribution in [0.1, 0.15) is 18.4 Å². The Balaban J connectivity index is 2.43. The number of aliphatic hydroxyl groups is 1. The summed E-state index contributed by atoms with van der Waals surface area (Å²) in [7, 11) is -3.63. The lowest BCUT2D eigenvalue weighted by atomic mass is 10.2. The Kier molecular flexibility index (Phi) is 4.06. The highest BCUT2D eigenvalue weighted by molar-refractivity contribution is 7.89. The zero-order chi connectivity index (χ0) is 14.2. The van der Waals surface area contributed by atoms with Gasteiger partial charge in [-0.05, 0) is 37.5 Å². The zero-order valence-corrected chi connectivity index (χ0v) is 12.2. The van der Waals surface area contributed by atoms with Crippen LogP contribution in [0.5, 0.6) is 0 Å². The minimum atomic E-state index is -3.63. The van der Waals surface area contributed by atoms with E-state index >= 15 is 0 Å². The summed E-state index contributed by atoms with van der Waals surface area (Å²) in [4.78, 5) is 0.132. The highest BCUT2D eigenvalue weighted by Gasteiger charge is 2.37. The second-order valence-corrected chi connectivity index (χ2v) is 6.98. The molecule has 0 aliphatic heterocycles. The van der Waals surface area contributed by atoms with Gasteiger partial charge in [0.05, 0.1) is 22.2 Å². The third kappa shape index (κ3) is 2.86. The minimum absolute atomic E-state index is 0.00522. The fraction of sp³-hybridized carbons (Fsp3) is 0.500. The molecule has 1 aromatic carbocycles. The van der Waals surface area contributed by atoms with E-state index in [9.17, 15) is 8.42 Å². The number of aliphatic hydroxyl groups excluding tert-OH is 1. The molecule has 0 atom stereocenters. The summed E-state index contributed by atoms with van der Waals surface area (Å²) in [5.74, 6) is 0. The number of benzene rings is 1. The first-order valence-corrected chi connectivity index (χ1v) is 7.88. The van der Waals surface area contributed by atoms with Crippen LogP contribution in [-0.2, 0) is 10.0 Å². The molecule has 0 heterocycles. The summed E-state index contributed by atoms with van der Waals surface area (Å²) in [6.07, 6.45) is 1.67. The van der Waals surface area contributed by atoms with Crippen LogP contribution in [0.25, 0.3) is 0 Å². The summed E-state index contributed by atoms with van der Waals surface area (Å²) < 4.78 is 26.4. The average Bonchev–Trinajstić information content (AvgIpc) is 3.16. The van der Waals surface area contributed by atoms with Crippen molar-refractivity contribution in [2.24, 2.45) is 0 Å². The number of nitrogens with two attached hydrogens (primary N) is 1. The standard InChI is InChI=1S/C12H17ClN2O3S/c1-8-6-10(7-11(14)12(8)13)19(17,18)15(4-5-16)9-2-3-9/h6-7,9,16H,2-5,14H2,1H3. The molecule has 3 N–H and O–H groups in total. The molecule has 0 spiro atoms. The Morgan fingerprint density at radius 3 is 2.58 bits per heavy atom. The first-order chi connectivity index (χ1) is 8.87. The van der Waals surface area contributed by atoms with Crippen molar-refractivity contribution in [2.45, 2.75) is 30.7 Å². The molecule has 0 radical (unpaired) electrons. The molecule has 0 bridgehead atoms.